The summed E-state index contributed by atoms with van der Waals surface area (Å²) in [7, 11) is 0. The zero-order valence-corrected chi connectivity index (χ0v) is 11.7. The summed E-state index contributed by atoms with van der Waals surface area (Å²) in [6.45, 7) is 4.32. The van der Waals surface area contributed by atoms with E-state index in [9.17, 15) is 24.9 Å². The minimum atomic E-state index is -1.75. The first-order valence-corrected chi connectivity index (χ1v) is 6.31. The van der Waals surface area contributed by atoms with Gasteiger partial charge in [0.1, 0.15) is 11.2 Å². The number of rotatable bonds is 4. The van der Waals surface area contributed by atoms with Crippen molar-refractivity contribution < 1.29 is 19.1 Å². The van der Waals surface area contributed by atoms with Gasteiger partial charge in [-0.25, -0.2) is 0 Å². The molecule has 106 valence electrons. The Labute approximate surface area is 117 Å². The van der Waals surface area contributed by atoms with Crippen LogP contribution >= 0.6 is 0 Å². The van der Waals surface area contributed by atoms with Crippen molar-refractivity contribution in [2.45, 2.75) is 33.6 Å². The van der Waals surface area contributed by atoms with E-state index in [4.69, 9.17) is 4.74 Å². The summed E-state index contributed by atoms with van der Waals surface area (Å²) in [5.41, 5.74) is -3.27. The highest BCUT2D eigenvalue weighted by Crippen LogP contribution is 2.53. The fourth-order valence-electron chi connectivity index (χ4n) is 2.69. The summed E-state index contributed by atoms with van der Waals surface area (Å²) in [6.07, 6.45) is -0.563. The lowest BCUT2D eigenvalue weighted by atomic mass is 9.68. The summed E-state index contributed by atoms with van der Waals surface area (Å²) in [5.74, 6) is -2.59. The predicted molar refractivity (Wildman–Crippen MR) is 66.8 cm³/mol. The number of esters is 1. The minimum absolute atomic E-state index is 0.0620. The maximum absolute atomic E-state index is 12.1. The summed E-state index contributed by atoms with van der Waals surface area (Å²) >= 11 is 0. The zero-order valence-electron chi connectivity index (χ0n) is 11.7. The molecule has 0 saturated heterocycles. The fraction of sp³-hybridized carbons (Fsp3) is 0.643. The topological polar surface area (TPSA) is 108 Å². The monoisotopic (exact) mass is 276 g/mol. The second-order valence-electron chi connectivity index (χ2n) is 5.18. The Morgan fingerprint density at radius 1 is 1.40 bits per heavy atom. The van der Waals surface area contributed by atoms with Crippen LogP contribution in [-0.4, -0.2) is 24.1 Å². The molecular formula is C14H16N2O4. The first kappa shape index (κ1) is 15.8. The van der Waals surface area contributed by atoms with Gasteiger partial charge in [-0.2, -0.15) is 10.5 Å². The average Bonchev–Trinajstić information content (AvgIpc) is 2.61. The molecule has 3 atom stereocenters. The van der Waals surface area contributed by atoms with E-state index in [1.807, 2.05) is 12.1 Å². The number of carbonyl (C=O) groups excluding carboxylic acids is 3. The number of hydrogen-bond donors (Lipinski definition) is 0. The first-order chi connectivity index (χ1) is 9.28. The third-order valence-electron chi connectivity index (χ3n) is 3.87. The minimum Gasteiger partial charge on any atom is -0.465 e. The lowest BCUT2D eigenvalue weighted by Crippen LogP contribution is -2.40. The molecule has 0 aromatic carbocycles. The molecule has 0 amide bonds. The van der Waals surface area contributed by atoms with Gasteiger partial charge in [-0.3, -0.25) is 9.59 Å². The maximum atomic E-state index is 12.1. The maximum Gasteiger partial charge on any atom is 0.327 e. The van der Waals surface area contributed by atoms with Crippen molar-refractivity contribution in [2.75, 3.05) is 6.61 Å². The number of hydrogen-bond acceptors (Lipinski definition) is 6. The molecule has 1 aliphatic rings. The third-order valence-corrected chi connectivity index (χ3v) is 3.87. The highest BCUT2D eigenvalue weighted by atomic mass is 16.5. The smallest absolute Gasteiger partial charge is 0.327 e. The molecule has 0 heterocycles. The molecule has 1 saturated carbocycles. The SMILES string of the molecule is CCOC(=O)[C@@]1(C#N)CC(=O)[C@](C)(C#N)[C@@H]1CC(C)=O. The van der Waals surface area contributed by atoms with Crippen LogP contribution in [0.5, 0.6) is 0 Å². The summed E-state index contributed by atoms with van der Waals surface area (Å²) in [5, 5.41) is 18.7. The molecule has 0 aromatic heterocycles. The number of nitriles is 2. The number of ether oxygens (including phenoxy) is 1. The van der Waals surface area contributed by atoms with Crippen LogP contribution in [0.1, 0.15) is 33.6 Å². The molecule has 0 bridgehead atoms. The van der Waals surface area contributed by atoms with E-state index >= 15 is 0 Å². The first-order valence-electron chi connectivity index (χ1n) is 6.31. The van der Waals surface area contributed by atoms with Crippen LogP contribution in [0.25, 0.3) is 0 Å². The molecule has 0 N–H and O–H groups in total. The van der Waals surface area contributed by atoms with E-state index in [0.717, 1.165) is 0 Å². The lowest BCUT2D eigenvalue weighted by Gasteiger charge is -2.30. The van der Waals surface area contributed by atoms with E-state index in [2.05, 4.69) is 0 Å². The Morgan fingerprint density at radius 2 is 2.00 bits per heavy atom. The molecule has 0 spiro atoms. The van der Waals surface area contributed by atoms with Crippen molar-refractivity contribution >= 4 is 17.5 Å². The molecule has 6 heteroatoms. The van der Waals surface area contributed by atoms with Crippen molar-refractivity contribution in [2.24, 2.45) is 16.7 Å². The van der Waals surface area contributed by atoms with E-state index in [0.29, 0.717) is 0 Å². The van der Waals surface area contributed by atoms with Crippen LogP contribution < -0.4 is 0 Å². The molecule has 0 radical (unpaired) electrons. The van der Waals surface area contributed by atoms with Crippen molar-refractivity contribution in [1.82, 2.24) is 0 Å². The normalized spacial score (nSPS) is 32.2. The lowest BCUT2D eigenvalue weighted by molar-refractivity contribution is -0.155. The van der Waals surface area contributed by atoms with Crippen LogP contribution in [0, 0.1) is 39.4 Å². The van der Waals surface area contributed by atoms with Gasteiger partial charge in [-0.15, -0.1) is 0 Å². The molecule has 0 aliphatic heterocycles. The Bertz CT molecular complexity index is 542. The Balaban J connectivity index is 3.40. The van der Waals surface area contributed by atoms with Gasteiger partial charge in [-0.1, -0.05) is 0 Å². The van der Waals surface area contributed by atoms with Gasteiger partial charge >= 0.3 is 5.97 Å². The van der Waals surface area contributed by atoms with E-state index in [1.54, 1.807) is 6.92 Å². The molecule has 1 fully saturated rings. The van der Waals surface area contributed by atoms with E-state index in [1.165, 1.54) is 13.8 Å². The molecule has 20 heavy (non-hydrogen) atoms. The second-order valence-corrected chi connectivity index (χ2v) is 5.18. The fourth-order valence-corrected chi connectivity index (χ4v) is 2.69. The standard InChI is InChI=1S/C14H16N2O4/c1-4-20-12(19)14(8-16)6-11(18)13(3,7-15)10(14)5-9(2)17/h10H,4-6H2,1-3H3/t10-,13+,14+/m0/s1. The van der Waals surface area contributed by atoms with Crippen LogP contribution in [-0.2, 0) is 19.1 Å². The van der Waals surface area contributed by atoms with Gasteiger partial charge in [-0.05, 0) is 20.8 Å². The molecule has 0 unspecified atom stereocenters. The molecule has 1 aliphatic carbocycles. The Hall–Kier alpha value is -2.21. The van der Waals surface area contributed by atoms with Crippen molar-refractivity contribution in [3.63, 3.8) is 0 Å². The van der Waals surface area contributed by atoms with Crippen LogP contribution in [0.4, 0.5) is 0 Å². The van der Waals surface area contributed by atoms with Gasteiger partial charge in [0.2, 0.25) is 0 Å². The quantitative estimate of drug-likeness (QED) is 0.713. The Kier molecular flexibility index (Phi) is 4.29. The van der Waals surface area contributed by atoms with Gasteiger partial charge in [0.05, 0.1) is 18.7 Å². The van der Waals surface area contributed by atoms with Gasteiger partial charge < -0.3 is 9.53 Å². The highest BCUT2D eigenvalue weighted by molar-refractivity contribution is 5.99. The summed E-state index contributed by atoms with van der Waals surface area (Å²) in [4.78, 5) is 35.6. The van der Waals surface area contributed by atoms with Crippen molar-refractivity contribution in [3.8, 4) is 12.1 Å². The number of ketones is 2. The van der Waals surface area contributed by atoms with Crippen LogP contribution in [0.2, 0.25) is 0 Å². The highest BCUT2D eigenvalue weighted by Gasteiger charge is 2.65. The van der Waals surface area contributed by atoms with Gasteiger partial charge in [0, 0.05) is 18.8 Å². The van der Waals surface area contributed by atoms with E-state index < -0.39 is 28.5 Å². The van der Waals surface area contributed by atoms with Crippen LogP contribution in [0.15, 0.2) is 0 Å². The molecular weight excluding hydrogens is 260 g/mol. The van der Waals surface area contributed by atoms with Crippen molar-refractivity contribution in [1.29, 1.82) is 10.5 Å². The zero-order chi connectivity index (χ0) is 15.6. The summed E-state index contributed by atoms with van der Waals surface area (Å²) in [6, 6.07) is 3.71. The average molecular weight is 276 g/mol. The van der Waals surface area contributed by atoms with Crippen LogP contribution in [0.3, 0.4) is 0 Å². The third kappa shape index (κ3) is 2.18. The van der Waals surface area contributed by atoms with Gasteiger partial charge in [0.15, 0.2) is 11.2 Å². The molecule has 0 aromatic rings. The van der Waals surface area contributed by atoms with Crippen molar-refractivity contribution in [3.05, 3.63) is 0 Å². The number of nitrogens with zero attached hydrogens (tertiary/aromatic N) is 2. The molecule has 1 rings (SSSR count). The Morgan fingerprint density at radius 3 is 2.40 bits per heavy atom. The summed E-state index contributed by atoms with van der Waals surface area (Å²) < 4.78 is 4.88. The molecule has 6 nitrogen and oxygen atoms in total. The number of carbonyl (C=O) groups is 3. The second kappa shape index (κ2) is 5.42. The van der Waals surface area contributed by atoms with Gasteiger partial charge in [0.25, 0.3) is 0 Å². The number of Topliss-reactive ketones (excluding diaryl/α,β-unsaturated/α-hetero) is 2. The largest absolute Gasteiger partial charge is 0.465 e. The van der Waals surface area contributed by atoms with E-state index in [-0.39, 0.29) is 25.2 Å². The predicted octanol–water partition coefficient (Wildman–Crippen LogP) is 1.16.